The van der Waals surface area contributed by atoms with Crippen molar-refractivity contribution in [3.05, 3.63) is 0 Å². The summed E-state index contributed by atoms with van der Waals surface area (Å²) in [6.45, 7) is 14.4. The van der Waals surface area contributed by atoms with Crippen molar-refractivity contribution in [2.45, 2.75) is 98.0 Å². The van der Waals surface area contributed by atoms with Crippen LogP contribution in [0.5, 0.6) is 0 Å². The van der Waals surface area contributed by atoms with E-state index >= 15 is 0 Å². The van der Waals surface area contributed by atoms with Crippen LogP contribution in [-0.4, -0.2) is 69.8 Å². The second kappa shape index (κ2) is 10.7. The minimum absolute atomic E-state index is 0.143. The molecule has 0 spiro atoms. The molecule has 9 heteroatoms. The molecule has 0 fully saturated rings. The molecule has 30 heavy (non-hydrogen) atoms. The lowest BCUT2D eigenvalue weighted by molar-refractivity contribution is -0.168. The molecular weight excluding hydrogens is 394 g/mol. The number of carboxylic acids is 1. The number of ether oxygens (including phenoxy) is 3. The smallest absolute Gasteiger partial charge is 0.323 e. The third-order valence-corrected chi connectivity index (χ3v) is 3.26. The fourth-order valence-corrected chi connectivity index (χ4v) is 2.43. The molecule has 0 aliphatic heterocycles. The van der Waals surface area contributed by atoms with Gasteiger partial charge < -0.3 is 19.3 Å². The van der Waals surface area contributed by atoms with Crippen LogP contribution >= 0.6 is 0 Å². The zero-order valence-corrected chi connectivity index (χ0v) is 19.7. The molecule has 1 atom stereocenters. The van der Waals surface area contributed by atoms with Gasteiger partial charge in [-0.3, -0.25) is 24.1 Å². The Bertz CT molecular complexity index is 592. The van der Waals surface area contributed by atoms with Gasteiger partial charge in [-0.15, -0.1) is 0 Å². The minimum Gasteiger partial charge on any atom is -0.481 e. The third-order valence-electron chi connectivity index (χ3n) is 3.26. The van der Waals surface area contributed by atoms with Gasteiger partial charge in [0.25, 0.3) is 0 Å². The van der Waals surface area contributed by atoms with Crippen molar-refractivity contribution in [3.8, 4) is 0 Å². The quantitative estimate of drug-likeness (QED) is 0.434. The summed E-state index contributed by atoms with van der Waals surface area (Å²) in [6, 6.07) is -1.14. The summed E-state index contributed by atoms with van der Waals surface area (Å²) in [4.78, 5) is 49.9. The molecular formula is C21H37NO8. The van der Waals surface area contributed by atoms with Crippen molar-refractivity contribution in [2.24, 2.45) is 0 Å². The predicted octanol–water partition coefficient (Wildman–Crippen LogP) is 2.55. The molecule has 0 heterocycles. The standard InChI is InChI=1S/C21H37NO8/c1-19(2,3)28-16(25)12-22(13-17(26)29-20(4,5)6)14(10-11-15(23)24)18(27)30-21(7,8)9/h14H,10-13H2,1-9H3,(H,23,24). The summed E-state index contributed by atoms with van der Waals surface area (Å²) < 4.78 is 16.0. The topological polar surface area (TPSA) is 119 Å². The maximum atomic E-state index is 12.8. The first-order chi connectivity index (χ1) is 13.3. The van der Waals surface area contributed by atoms with Crippen LogP contribution in [0.4, 0.5) is 0 Å². The Morgan fingerprint density at radius 3 is 1.40 bits per heavy atom. The highest BCUT2D eigenvalue weighted by atomic mass is 16.6. The lowest BCUT2D eigenvalue weighted by atomic mass is 10.1. The van der Waals surface area contributed by atoms with E-state index in [2.05, 4.69) is 0 Å². The highest BCUT2D eigenvalue weighted by molar-refractivity contribution is 5.81. The fourth-order valence-electron chi connectivity index (χ4n) is 2.43. The van der Waals surface area contributed by atoms with Gasteiger partial charge in [0.15, 0.2) is 0 Å². The third kappa shape index (κ3) is 13.9. The molecule has 0 rings (SSSR count). The summed E-state index contributed by atoms with van der Waals surface area (Å²) in [5.41, 5.74) is -2.36. The van der Waals surface area contributed by atoms with Crippen molar-refractivity contribution < 1.29 is 38.5 Å². The Morgan fingerprint density at radius 1 is 0.733 bits per heavy atom. The van der Waals surface area contributed by atoms with Crippen LogP contribution in [0, 0.1) is 0 Å². The normalized spacial score (nSPS) is 13.5. The van der Waals surface area contributed by atoms with Crippen LogP contribution in [0.15, 0.2) is 0 Å². The van der Waals surface area contributed by atoms with Gasteiger partial charge in [0.2, 0.25) is 0 Å². The van der Waals surface area contributed by atoms with Crippen molar-refractivity contribution in [3.63, 3.8) is 0 Å². The molecule has 0 aromatic rings. The van der Waals surface area contributed by atoms with Gasteiger partial charge in [0.1, 0.15) is 22.8 Å². The Labute approximate surface area is 179 Å². The fraction of sp³-hybridized carbons (Fsp3) is 0.810. The number of hydrogen-bond acceptors (Lipinski definition) is 8. The molecule has 0 aliphatic carbocycles. The Hall–Kier alpha value is -2.16. The maximum absolute atomic E-state index is 12.8. The SMILES string of the molecule is CC(C)(C)OC(=O)CN(CC(=O)OC(C)(C)C)C(CCC(=O)O)C(=O)OC(C)(C)C. The molecule has 0 saturated carbocycles. The Kier molecular flexibility index (Phi) is 9.97. The Morgan fingerprint density at radius 2 is 1.10 bits per heavy atom. The van der Waals surface area contributed by atoms with Gasteiger partial charge in [-0.05, 0) is 68.7 Å². The number of hydrogen-bond donors (Lipinski definition) is 1. The molecule has 1 N–H and O–H groups in total. The summed E-state index contributed by atoms with van der Waals surface area (Å²) >= 11 is 0. The van der Waals surface area contributed by atoms with Gasteiger partial charge >= 0.3 is 23.9 Å². The molecule has 0 bridgehead atoms. The number of esters is 3. The highest BCUT2D eigenvalue weighted by Gasteiger charge is 2.35. The number of aliphatic carboxylic acids is 1. The first kappa shape index (κ1) is 27.8. The lowest BCUT2D eigenvalue weighted by Crippen LogP contribution is -2.50. The Balaban J connectivity index is 5.78. The lowest BCUT2D eigenvalue weighted by Gasteiger charge is -2.32. The van der Waals surface area contributed by atoms with Crippen LogP contribution < -0.4 is 0 Å². The van der Waals surface area contributed by atoms with Gasteiger partial charge in [-0.2, -0.15) is 0 Å². The molecule has 0 saturated heterocycles. The molecule has 174 valence electrons. The monoisotopic (exact) mass is 431 g/mol. The molecule has 0 amide bonds. The molecule has 9 nitrogen and oxygen atoms in total. The number of rotatable bonds is 9. The van der Waals surface area contributed by atoms with Crippen LogP contribution in [0.1, 0.15) is 75.2 Å². The zero-order valence-electron chi connectivity index (χ0n) is 19.7. The van der Waals surface area contributed by atoms with Crippen LogP contribution in [0.2, 0.25) is 0 Å². The van der Waals surface area contributed by atoms with E-state index in [1.54, 1.807) is 62.3 Å². The number of nitrogens with zero attached hydrogens (tertiary/aromatic N) is 1. The van der Waals surface area contributed by atoms with E-state index in [1.165, 1.54) is 4.90 Å². The van der Waals surface area contributed by atoms with E-state index in [-0.39, 0.29) is 12.8 Å². The van der Waals surface area contributed by atoms with E-state index in [0.29, 0.717) is 0 Å². The van der Waals surface area contributed by atoms with Gasteiger partial charge in [-0.1, -0.05) is 0 Å². The van der Waals surface area contributed by atoms with E-state index in [9.17, 15) is 19.2 Å². The van der Waals surface area contributed by atoms with Gasteiger partial charge in [-0.25, -0.2) is 0 Å². The summed E-state index contributed by atoms with van der Waals surface area (Å²) in [6.07, 6.45) is -0.487. The molecule has 0 aromatic carbocycles. The van der Waals surface area contributed by atoms with E-state index in [1.807, 2.05) is 0 Å². The van der Waals surface area contributed by atoms with Gasteiger partial charge in [0, 0.05) is 6.42 Å². The second-order valence-electron chi connectivity index (χ2n) is 10.1. The zero-order chi connectivity index (χ0) is 23.9. The summed E-state index contributed by atoms with van der Waals surface area (Å²) in [5, 5.41) is 9.07. The average Bonchev–Trinajstić information content (AvgIpc) is 2.40. The van der Waals surface area contributed by atoms with Crippen molar-refractivity contribution in [1.82, 2.24) is 4.90 Å². The molecule has 0 aromatic heterocycles. The molecule has 0 radical (unpaired) electrons. The van der Waals surface area contributed by atoms with Crippen molar-refractivity contribution in [2.75, 3.05) is 13.1 Å². The van der Waals surface area contributed by atoms with Crippen LogP contribution in [-0.2, 0) is 33.4 Å². The van der Waals surface area contributed by atoms with Crippen LogP contribution in [0.3, 0.4) is 0 Å². The van der Waals surface area contributed by atoms with E-state index in [0.717, 1.165) is 0 Å². The van der Waals surface area contributed by atoms with E-state index < -0.39 is 59.8 Å². The van der Waals surface area contributed by atoms with Crippen molar-refractivity contribution in [1.29, 1.82) is 0 Å². The summed E-state index contributed by atoms with van der Waals surface area (Å²) in [7, 11) is 0. The van der Waals surface area contributed by atoms with Gasteiger partial charge in [0.05, 0.1) is 13.1 Å². The average molecular weight is 432 g/mol. The predicted molar refractivity (Wildman–Crippen MR) is 110 cm³/mol. The van der Waals surface area contributed by atoms with Crippen LogP contribution in [0.25, 0.3) is 0 Å². The first-order valence-electron chi connectivity index (χ1n) is 9.91. The van der Waals surface area contributed by atoms with E-state index in [4.69, 9.17) is 19.3 Å². The first-order valence-corrected chi connectivity index (χ1v) is 9.91. The number of carbonyl (C=O) groups is 4. The van der Waals surface area contributed by atoms with Crippen molar-refractivity contribution >= 4 is 23.9 Å². The highest BCUT2D eigenvalue weighted by Crippen LogP contribution is 2.17. The number of carbonyl (C=O) groups excluding carboxylic acids is 3. The largest absolute Gasteiger partial charge is 0.481 e. The second-order valence-corrected chi connectivity index (χ2v) is 10.1. The maximum Gasteiger partial charge on any atom is 0.323 e. The molecule has 1 unspecified atom stereocenters. The minimum atomic E-state index is -1.14. The summed E-state index contributed by atoms with van der Waals surface area (Å²) in [5.74, 6) is -3.15. The molecule has 0 aliphatic rings. The number of carboxylic acid groups (broad SMARTS) is 1.